The van der Waals surface area contributed by atoms with Gasteiger partial charge in [0.25, 0.3) is 0 Å². The molecule has 0 spiro atoms. The number of benzene rings is 1. The average molecular weight is 432 g/mol. The predicted octanol–water partition coefficient (Wildman–Crippen LogP) is 3.82. The van der Waals surface area contributed by atoms with Gasteiger partial charge in [0.05, 0.1) is 0 Å². The lowest BCUT2D eigenvalue weighted by molar-refractivity contribution is -0.157. The quantitative estimate of drug-likeness (QED) is 0.660. The van der Waals surface area contributed by atoms with Crippen molar-refractivity contribution in [2.75, 3.05) is 0 Å². The maximum absolute atomic E-state index is 12.6. The fourth-order valence-corrected chi connectivity index (χ4v) is 2.54. The van der Waals surface area contributed by atoms with Crippen LogP contribution in [0.4, 0.5) is 4.79 Å². The molecule has 1 heterocycles. The van der Waals surface area contributed by atoms with E-state index in [0.29, 0.717) is 5.56 Å². The average Bonchev–Trinajstić information content (AvgIpc) is 3.09. The topological polar surface area (TPSA) is 128 Å². The Morgan fingerprint density at radius 3 is 2.10 bits per heavy atom. The van der Waals surface area contributed by atoms with Crippen LogP contribution < -0.4 is 5.32 Å². The molecular formula is C22H28N2O7. The first-order chi connectivity index (χ1) is 14.2. The van der Waals surface area contributed by atoms with Gasteiger partial charge in [0, 0.05) is 12.0 Å². The Morgan fingerprint density at radius 2 is 1.61 bits per heavy atom. The number of hydrogen-bond donors (Lipinski definition) is 2. The van der Waals surface area contributed by atoms with Crippen LogP contribution in [0.15, 0.2) is 34.9 Å². The number of amides is 1. The largest absolute Gasteiger partial charge is 0.476 e. The Morgan fingerprint density at radius 1 is 1.03 bits per heavy atom. The molecule has 1 aromatic heterocycles. The first-order valence-electron chi connectivity index (χ1n) is 9.74. The number of nitrogens with one attached hydrogen (secondary N) is 1. The molecule has 0 aliphatic rings. The molecule has 0 fully saturated rings. The van der Waals surface area contributed by atoms with Crippen LogP contribution in [0, 0.1) is 0 Å². The molecule has 0 aliphatic carbocycles. The van der Waals surface area contributed by atoms with Gasteiger partial charge in [0.1, 0.15) is 23.5 Å². The maximum Gasteiger partial charge on any atom is 0.408 e. The van der Waals surface area contributed by atoms with Crippen molar-refractivity contribution >= 4 is 18.0 Å². The fraction of sp³-hybridized carbons (Fsp3) is 0.455. The van der Waals surface area contributed by atoms with Crippen molar-refractivity contribution in [2.24, 2.45) is 0 Å². The van der Waals surface area contributed by atoms with Gasteiger partial charge in [0.15, 0.2) is 5.69 Å². The van der Waals surface area contributed by atoms with Crippen molar-refractivity contribution in [1.29, 1.82) is 0 Å². The number of carboxylic acids is 1. The maximum atomic E-state index is 12.6. The molecule has 2 aromatic rings. The minimum absolute atomic E-state index is 0.166. The van der Waals surface area contributed by atoms with E-state index in [1.165, 1.54) is 0 Å². The van der Waals surface area contributed by atoms with Crippen LogP contribution in [0.1, 0.15) is 57.6 Å². The van der Waals surface area contributed by atoms with E-state index in [2.05, 4.69) is 10.3 Å². The number of rotatable bonds is 6. The summed E-state index contributed by atoms with van der Waals surface area (Å²) in [6.07, 6.45) is 0.510. The second kappa shape index (κ2) is 9.20. The fourth-order valence-electron chi connectivity index (χ4n) is 2.54. The Hall–Kier alpha value is -3.36. The number of esters is 1. The van der Waals surface area contributed by atoms with Crippen LogP contribution in [0.2, 0.25) is 0 Å². The second-order valence-corrected chi connectivity index (χ2v) is 8.98. The Balaban J connectivity index is 2.17. The van der Waals surface area contributed by atoms with Crippen molar-refractivity contribution in [2.45, 2.75) is 65.2 Å². The SMILES string of the molecule is CC(C)(C)OC(=O)N[C@@H](Cc1ccc(-c2nc(C(=O)O)co2)cc1)C(=O)OC(C)(C)C. The van der Waals surface area contributed by atoms with Crippen molar-refractivity contribution in [1.82, 2.24) is 10.3 Å². The number of nitrogens with zero attached hydrogens (tertiary/aromatic N) is 1. The molecule has 31 heavy (non-hydrogen) atoms. The monoisotopic (exact) mass is 432 g/mol. The molecule has 0 aliphatic heterocycles. The van der Waals surface area contributed by atoms with E-state index in [1.54, 1.807) is 65.8 Å². The Labute approximate surface area is 180 Å². The van der Waals surface area contributed by atoms with Crippen molar-refractivity contribution in [3.8, 4) is 11.5 Å². The Kier molecular flexibility index (Phi) is 7.09. The number of carboxylic acid groups (broad SMARTS) is 1. The minimum atomic E-state index is -1.18. The third-order valence-corrected chi connectivity index (χ3v) is 3.75. The van der Waals surface area contributed by atoms with Gasteiger partial charge in [-0.05, 0) is 59.2 Å². The van der Waals surface area contributed by atoms with E-state index in [4.69, 9.17) is 19.0 Å². The third kappa shape index (κ3) is 7.76. The van der Waals surface area contributed by atoms with Crippen LogP contribution in [0.5, 0.6) is 0 Å². The van der Waals surface area contributed by atoms with Crippen LogP contribution in [-0.4, -0.2) is 45.4 Å². The van der Waals surface area contributed by atoms with Gasteiger partial charge in [-0.3, -0.25) is 0 Å². The van der Waals surface area contributed by atoms with E-state index in [0.717, 1.165) is 11.8 Å². The number of ether oxygens (including phenoxy) is 2. The zero-order valence-corrected chi connectivity index (χ0v) is 18.5. The van der Waals surface area contributed by atoms with Gasteiger partial charge < -0.3 is 24.3 Å². The van der Waals surface area contributed by atoms with Crippen molar-refractivity contribution in [3.63, 3.8) is 0 Å². The summed E-state index contributed by atoms with van der Waals surface area (Å²) >= 11 is 0. The number of aromatic nitrogens is 1. The molecule has 1 aromatic carbocycles. The number of carbonyl (C=O) groups is 3. The summed E-state index contributed by atoms with van der Waals surface area (Å²) < 4.78 is 15.9. The lowest BCUT2D eigenvalue weighted by atomic mass is 10.0. The molecule has 2 N–H and O–H groups in total. The zero-order valence-electron chi connectivity index (χ0n) is 18.5. The van der Waals surface area contributed by atoms with Crippen molar-refractivity contribution < 1.29 is 33.4 Å². The standard InChI is InChI=1S/C22H28N2O7/c1-21(2,3)30-19(27)15(24-20(28)31-22(4,5)6)11-13-7-9-14(10-8-13)17-23-16(12-29-17)18(25)26/h7-10,12,15H,11H2,1-6H3,(H,24,28)(H,25,26)/t15-/m0/s1. The summed E-state index contributed by atoms with van der Waals surface area (Å²) in [5, 5.41) is 11.5. The molecule has 2 rings (SSSR count). The second-order valence-electron chi connectivity index (χ2n) is 8.98. The summed E-state index contributed by atoms with van der Waals surface area (Å²) in [5.74, 6) is -1.60. The van der Waals surface area contributed by atoms with Gasteiger partial charge in [0.2, 0.25) is 5.89 Å². The molecule has 0 unspecified atom stereocenters. The molecule has 9 nitrogen and oxygen atoms in total. The van der Waals surface area contributed by atoms with Gasteiger partial charge in [-0.1, -0.05) is 12.1 Å². The first kappa shape index (κ1) is 23.9. The van der Waals surface area contributed by atoms with E-state index in [1.807, 2.05) is 0 Å². The number of oxazole rings is 1. The van der Waals surface area contributed by atoms with Gasteiger partial charge in [-0.15, -0.1) is 0 Å². The number of alkyl carbamates (subject to hydrolysis) is 1. The lowest BCUT2D eigenvalue weighted by Crippen LogP contribution is -2.47. The molecule has 9 heteroatoms. The predicted molar refractivity (Wildman–Crippen MR) is 112 cm³/mol. The lowest BCUT2D eigenvalue weighted by Gasteiger charge is -2.26. The molecule has 0 bridgehead atoms. The zero-order chi connectivity index (χ0) is 23.4. The number of carbonyl (C=O) groups excluding carboxylic acids is 2. The molecule has 1 atom stereocenters. The van der Waals surface area contributed by atoms with E-state index < -0.39 is 35.3 Å². The number of aromatic carboxylic acids is 1. The molecule has 0 saturated carbocycles. The highest BCUT2D eigenvalue weighted by Gasteiger charge is 2.29. The summed E-state index contributed by atoms with van der Waals surface area (Å²) in [7, 11) is 0. The van der Waals surface area contributed by atoms with Crippen LogP contribution in [0.25, 0.3) is 11.5 Å². The van der Waals surface area contributed by atoms with Gasteiger partial charge >= 0.3 is 18.0 Å². The highest BCUT2D eigenvalue weighted by Crippen LogP contribution is 2.20. The summed E-state index contributed by atoms with van der Waals surface area (Å²) in [4.78, 5) is 39.7. The third-order valence-electron chi connectivity index (χ3n) is 3.75. The van der Waals surface area contributed by atoms with Crippen LogP contribution >= 0.6 is 0 Å². The molecule has 168 valence electrons. The normalized spacial score (nSPS) is 12.7. The van der Waals surface area contributed by atoms with Crippen LogP contribution in [-0.2, 0) is 20.7 Å². The molecule has 0 radical (unpaired) electrons. The Bertz CT molecular complexity index is 934. The van der Waals surface area contributed by atoms with Gasteiger partial charge in [-0.2, -0.15) is 0 Å². The first-order valence-corrected chi connectivity index (χ1v) is 9.74. The molecule has 1 amide bonds. The highest BCUT2D eigenvalue weighted by atomic mass is 16.6. The van der Waals surface area contributed by atoms with Gasteiger partial charge in [-0.25, -0.2) is 19.4 Å². The van der Waals surface area contributed by atoms with E-state index in [9.17, 15) is 14.4 Å². The van der Waals surface area contributed by atoms with E-state index >= 15 is 0 Å². The smallest absolute Gasteiger partial charge is 0.408 e. The minimum Gasteiger partial charge on any atom is -0.476 e. The summed E-state index contributed by atoms with van der Waals surface area (Å²) in [6.45, 7) is 10.4. The molecule has 0 saturated heterocycles. The van der Waals surface area contributed by atoms with E-state index in [-0.39, 0.29) is 18.0 Å². The van der Waals surface area contributed by atoms with Crippen LogP contribution in [0.3, 0.4) is 0 Å². The summed E-state index contributed by atoms with van der Waals surface area (Å²) in [6, 6.07) is 5.88. The number of hydrogen-bond acceptors (Lipinski definition) is 7. The van der Waals surface area contributed by atoms with Crippen molar-refractivity contribution in [3.05, 3.63) is 41.8 Å². The highest BCUT2D eigenvalue weighted by molar-refractivity contribution is 5.85. The molecular weight excluding hydrogens is 404 g/mol. The summed E-state index contributed by atoms with van der Waals surface area (Å²) in [5.41, 5.74) is -0.312.